The number of aryl methyl sites for hydroxylation is 1. The molecule has 1 aliphatic heterocycles. The first-order valence-electron chi connectivity index (χ1n) is 23.6. The third-order valence-electron chi connectivity index (χ3n) is 11.9. The molecule has 68 heavy (non-hydrogen) atoms. The second-order valence-corrected chi connectivity index (χ2v) is 19.7. The zero-order chi connectivity index (χ0) is 49.0. The molecule has 0 saturated carbocycles. The number of amides is 5. The Morgan fingerprint density at radius 3 is 2.24 bits per heavy atom. The van der Waals surface area contributed by atoms with Crippen LogP contribution in [0.5, 0.6) is 0 Å². The summed E-state index contributed by atoms with van der Waals surface area (Å²) in [5.74, 6) is -0.634. The normalized spacial score (nSPS) is 15.3. The van der Waals surface area contributed by atoms with Crippen LogP contribution in [0.25, 0.3) is 27.3 Å². The summed E-state index contributed by atoms with van der Waals surface area (Å²) in [4.78, 5) is 82.7. The highest BCUT2D eigenvalue weighted by atomic mass is 32.1. The highest BCUT2D eigenvalue weighted by Gasteiger charge is 2.44. The summed E-state index contributed by atoms with van der Waals surface area (Å²) in [7, 11) is 1.62. The molecule has 18 heteroatoms. The van der Waals surface area contributed by atoms with Crippen LogP contribution in [-0.2, 0) is 30.5 Å². The molecule has 4 N–H and O–H groups in total. The van der Waals surface area contributed by atoms with Gasteiger partial charge in [-0.1, -0.05) is 83.6 Å². The zero-order valence-corrected chi connectivity index (χ0v) is 41.1. The van der Waals surface area contributed by atoms with Crippen molar-refractivity contribution < 1.29 is 33.8 Å². The number of hydrogen-bond acceptors (Lipinski definition) is 12. The lowest BCUT2D eigenvalue weighted by atomic mass is 9.85. The van der Waals surface area contributed by atoms with Crippen molar-refractivity contribution in [1.82, 2.24) is 40.1 Å². The van der Waals surface area contributed by atoms with Crippen LogP contribution in [0.15, 0.2) is 66.6 Å². The molecule has 0 radical (unpaired) electrons. The van der Waals surface area contributed by atoms with E-state index in [2.05, 4.69) is 36.0 Å². The summed E-state index contributed by atoms with van der Waals surface area (Å²) in [6.07, 6.45) is 11.4. The molecule has 1 aromatic carbocycles. The van der Waals surface area contributed by atoms with E-state index in [0.717, 1.165) is 66.6 Å². The van der Waals surface area contributed by atoms with E-state index in [-0.39, 0.29) is 55.7 Å². The number of nitrogens with one attached hydrogen (secondary N) is 3. The quantitative estimate of drug-likeness (QED) is 0.0520. The van der Waals surface area contributed by atoms with Crippen LogP contribution in [0.2, 0.25) is 0 Å². The molecule has 5 amide bonds. The van der Waals surface area contributed by atoms with Gasteiger partial charge in [0.05, 0.1) is 52.1 Å². The number of thiazole rings is 1. The Balaban J connectivity index is 0.854. The van der Waals surface area contributed by atoms with Crippen molar-refractivity contribution in [3.05, 3.63) is 77.8 Å². The number of carbonyl (C=O) groups excluding carboxylic acids is 5. The fourth-order valence-corrected chi connectivity index (χ4v) is 8.90. The first kappa shape index (κ1) is 51.1. The van der Waals surface area contributed by atoms with Crippen LogP contribution in [0.1, 0.15) is 117 Å². The van der Waals surface area contributed by atoms with E-state index < -0.39 is 29.7 Å². The Morgan fingerprint density at radius 1 is 0.912 bits per heavy atom. The van der Waals surface area contributed by atoms with Gasteiger partial charge in [-0.25, -0.2) is 19.3 Å². The Morgan fingerprint density at radius 2 is 1.59 bits per heavy atom. The summed E-state index contributed by atoms with van der Waals surface area (Å²) in [5, 5.41) is 24.0. The van der Waals surface area contributed by atoms with Gasteiger partial charge in [-0.2, -0.15) is 5.10 Å². The lowest BCUT2D eigenvalue weighted by Gasteiger charge is -2.35. The number of aliphatic hydroxyl groups excluding tert-OH is 1. The molecule has 3 atom stereocenters. The standard InChI is InChI=1S/C50H66N10O7S/c1-32(2)67-49(66)58(7)37-24-36(27-51-28-37)39-22-23-42-54-41(30-60(42)57-39)55-43(62)16-14-12-10-8-9-11-13-15-17-44(63)56-46(50(4,5)6)48(65)59-29-38(61)25-40(59)47(64)52-26-34-18-20-35(21-19-34)45-33(3)53-31-68-45/h18-24,27-28,30-32,38,40,46,61H,8-17,25-26,29H2,1-7H3,(H,52,64)(H,55,62)(H,56,63)/t38-,40+,46-/m1/s1. The van der Waals surface area contributed by atoms with Crippen LogP contribution in [0.3, 0.4) is 0 Å². The topological polar surface area (TPSA) is 213 Å². The average Bonchev–Trinajstić information content (AvgIpc) is 4.04. The van der Waals surface area contributed by atoms with Crippen molar-refractivity contribution in [2.45, 2.75) is 143 Å². The fourth-order valence-electron chi connectivity index (χ4n) is 8.08. The number of anilines is 2. The Labute approximate surface area is 402 Å². The largest absolute Gasteiger partial charge is 0.446 e. The number of fused-ring (bicyclic) bond motifs is 1. The number of ether oxygens (including phenoxy) is 1. The van der Waals surface area contributed by atoms with Crippen LogP contribution >= 0.6 is 11.3 Å². The monoisotopic (exact) mass is 950 g/mol. The molecule has 0 spiro atoms. The van der Waals surface area contributed by atoms with Crippen molar-refractivity contribution in [2.75, 3.05) is 23.8 Å². The molecule has 6 rings (SSSR count). The average molecular weight is 951 g/mol. The molecular formula is C50H66N10O7S. The van der Waals surface area contributed by atoms with E-state index in [1.807, 2.05) is 63.5 Å². The van der Waals surface area contributed by atoms with Crippen LogP contribution < -0.4 is 20.9 Å². The summed E-state index contributed by atoms with van der Waals surface area (Å²) in [5.41, 5.74) is 6.58. The number of nitrogens with zero attached hydrogens (tertiary/aromatic N) is 7. The number of aromatic nitrogens is 5. The van der Waals surface area contributed by atoms with Gasteiger partial charge in [-0.3, -0.25) is 29.1 Å². The van der Waals surface area contributed by atoms with Gasteiger partial charge in [0.1, 0.15) is 12.1 Å². The molecule has 364 valence electrons. The Bertz CT molecular complexity index is 2520. The van der Waals surface area contributed by atoms with E-state index in [9.17, 15) is 29.1 Å². The number of benzene rings is 1. The number of aliphatic hydroxyl groups is 1. The van der Waals surface area contributed by atoms with Crippen LogP contribution in [0.4, 0.5) is 16.3 Å². The molecular weight excluding hydrogens is 885 g/mol. The SMILES string of the molecule is Cc1ncsc1-c1ccc(CNC(=O)[C@@H]2C[C@@H](O)CN2C(=O)[C@@H](NC(=O)CCCCCCCCCCC(=O)Nc2cn3nc(-c4cncc(N(C)C(=O)OC(C)C)c4)ccc3n2)C(C)(C)C)cc1. The third kappa shape index (κ3) is 14.1. The summed E-state index contributed by atoms with van der Waals surface area (Å²) in [6.45, 7) is 11.5. The van der Waals surface area contributed by atoms with Crippen LogP contribution in [0, 0.1) is 12.3 Å². The number of β-amino-alcohol motifs (C(OH)–C–C–N with tert-alkyl or cyclic N) is 1. The molecule has 5 aromatic rings. The van der Waals surface area contributed by atoms with Gasteiger partial charge < -0.3 is 30.7 Å². The minimum absolute atomic E-state index is 0.0223. The van der Waals surface area contributed by atoms with E-state index in [1.54, 1.807) is 67.5 Å². The van der Waals surface area contributed by atoms with Gasteiger partial charge in [-0.15, -0.1) is 11.3 Å². The lowest BCUT2D eigenvalue weighted by Crippen LogP contribution is -2.57. The summed E-state index contributed by atoms with van der Waals surface area (Å²) < 4.78 is 6.89. The van der Waals surface area contributed by atoms with E-state index in [0.29, 0.717) is 41.3 Å². The fraction of sp³-hybridized carbons (Fsp3) is 0.500. The number of unbranched alkanes of at least 4 members (excludes halogenated alkanes) is 7. The number of rotatable bonds is 21. The second kappa shape index (κ2) is 23.6. The second-order valence-electron chi connectivity index (χ2n) is 18.9. The van der Waals surface area contributed by atoms with E-state index in [1.165, 1.54) is 9.80 Å². The first-order chi connectivity index (χ1) is 32.5. The molecule has 1 fully saturated rings. The predicted octanol–water partition coefficient (Wildman–Crippen LogP) is 7.85. The molecule has 1 aliphatic rings. The number of pyridine rings is 1. The molecule has 0 unspecified atom stereocenters. The molecule has 17 nitrogen and oxygen atoms in total. The molecule has 1 saturated heterocycles. The maximum atomic E-state index is 14.0. The first-order valence-corrected chi connectivity index (χ1v) is 24.5. The van der Waals surface area contributed by atoms with Gasteiger partial charge in [0.2, 0.25) is 23.6 Å². The number of hydrogen-bond donors (Lipinski definition) is 4. The third-order valence-corrected chi connectivity index (χ3v) is 12.9. The van der Waals surface area contributed by atoms with Gasteiger partial charge in [-0.05, 0) is 68.4 Å². The highest BCUT2D eigenvalue weighted by molar-refractivity contribution is 7.13. The zero-order valence-electron chi connectivity index (χ0n) is 40.3. The highest BCUT2D eigenvalue weighted by Crippen LogP contribution is 2.29. The van der Waals surface area contributed by atoms with Crippen molar-refractivity contribution >= 4 is 58.2 Å². The van der Waals surface area contributed by atoms with E-state index >= 15 is 0 Å². The van der Waals surface area contributed by atoms with Crippen molar-refractivity contribution in [2.24, 2.45) is 5.41 Å². The predicted molar refractivity (Wildman–Crippen MR) is 263 cm³/mol. The minimum atomic E-state index is -0.864. The number of imidazole rings is 1. The Kier molecular flexibility index (Phi) is 17.8. The molecule has 4 aromatic heterocycles. The summed E-state index contributed by atoms with van der Waals surface area (Å²) >= 11 is 1.58. The van der Waals surface area contributed by atoms with Crippen LogP contribution in [-0.4, -0.2) is 102 Å². The van der Waals surface area contributed by atoms with Gasteiger partial charge >= 0.3 is 6.09 Å². The molecule has 0 aliphatic carbocycles. The van der Waals surface area contributed by atoms with E-state index in [4.69, 9.17) is 4.74 Å². The number of carbonyl (C=O) groups is 5. The van der Waals surface area contributed by atoms with Gasteiger partial charge in [0.15, 0.2) is 11.5 Å². The van der Waals surface area contributed by atoms with Crippen molar-refractivity contribution in [1.29, 1.82) is 0 Å². The molecule has 5 heterocycles. The minimum Gasteiger partial charge on any atom is -0.446 e. The van der Waals surface area contributed by atoms with Crippen molar-refractivity contribution in [3.8, 4) is 21.7 Å². The maximum Gasteiger partial charge on any atom is 0.414 e. The lowest BCUT2D eigenvalue weighted by molar-refractivity contribution is -0.144. The smallest absolute Gasteiger partial charge is 0.414 e. The van der Waals surface area contributed by atoms with Crippen molar-refractivity contribution in [3.63, 3.8) is 0 Å². The molecule has 0 bridgehead atoms. The number of likely N-dealkylation sites (tertiary alicyclic amines) is 1. The van der Waals surface area contributed by atoms with Gasteiger partial charge in [0.25, 0.3) is 0 Å². The van der Waals surface area contributed by atoms with Gasteiger partial charge in [0, 0.05) is 51.2 Å². The Hall–Kier alpha value is -6.27. The summed E-state index contributed by atoms with van der Waals surface area (Å²) in [6, 6.07) is 11.6. The maximum absolute atomic E-state index is 14.0.